The molecule has 0 aliphatic rings. The highest BCUT2D eigenvalue weighted by Crippen LogP contribution is 1.86. The van der Waals surface area contributed by atoms with E-state index in [0.29, 0.717) is 72.7 Å². The van der Waals surface area contributed by atoms with Gasteiger partial charge in [0.1, 0.15) is 13.2 Å². The Kier molecular flexibility index (Phi) is 20.5. The van der Waals surface area contributed by atoms with E-state index in [1.807, 2.05) is 0 Å². The molecule has 0 spiro atoms. The number of methoxy groups -OCH3 is 1. The minimum absolute atomic E-state index is 0.0718. The Hall–Kier alpha value is -1.56. The van der Waals surface area contributed by atoms with E-state index in [4.69, 9.17) is 33.2 Å². The molecular weight excluding hydrogens is 376 g/mol. The largest absolute Gasteiger partial charge is 0.467 e. The number of rotatable bonds is 21. The molecule has 0 unspecified atom stereocenters. The number of esters is 2. The summed E-state index contributed by atoms with van der Waals surface area (Å²) in [6, 6.07) is 0. The van der Waals surface area contributed by atoms with Gasteiger partial charge < -0.3 is 37.9 Å². The summed E-state index contributed by atoms with van der Waals surface area (Å²) in [7, 11) is 1.31. The molecule has 0 rings (SSSR count). The number of hydrogen-bond donors (Lipinski definition) is 0. The van der Waals surface area contributed by atoms with Crippen molar-refractivity contribution in [2.24, 2.45) is 0 Å². The molecule has 0 amide bonds. The molecule has 0 saturated carbocycles. The molecule has 0 heterocycles. The maximum Gasteiger partial charge on any atom is 0.331 e. The first-order valence-electron chi connectivity index (χ1n) is 9.03. The van der Waals surface area contributed by atoms with E-state index in [0.717, 1.165) is 6.08 Å². The van der Waals surface area contributed by atoms with Gasteiger partial charge in [-0.3, -0.25) is 0 Å². The van der Waals surface area contributed by atoms with Crippen molar-refractivity contribution in [3.8, 4) is 0 Å². The van der Waals surface area contributed by atoms with Crippen LogP contribution in [0.1, 0.15) is 0 Å². The molecule has 0 aromatic heterocycles. The van der Waals surface area contributed by atoms with Crippen molar-refractivity contribution in [2.75, 3.05) is 93.0 Å². The van der Waals surface area contributed by atoms with Crippen LogP contribution < -0.4 is 0 Å². The molecule has 10 heteroatoms. The van der Waals surface area contributed by atoms with Gasteiger partial charge in [0.25, 0.3) is 0 Å². The molecule has 28 heavy (non-hydrogen) atoms. The van der Waals surface area contributed by atoms with Gasteiger partial charge in [0.2, 0.25) is 0 Å². The lowest BCUT2D eigenvalue weighted by molar-refractivity contribution is -0.146. The van der Waals surface area contributed by atoms with E-state index in [1.54, 1.807) is 0 Å². The highest BCUT2D eigenvalue weighted by atomic mass is 16.6. The van der Waals surface area contributed by atoms with Crippen molar-refractivity contribution in [3.05, 3.63) is 12.7 Å². The van der Waals surface area contributed by atoms with Crippen LogP contribution in [0.15, 0.2) is 12.7 Å². The number of ether oxygens (including phenoxy) is 8. The van der Waals surface area contributed by atoms with Gasteiger partial charge in [-0.15, -0.1) is 0 Å². The molecule has 0 N–H and O–H groups in total. The van der Waals surface area contributed by atoms with Gasteiger partial charge in [-0.25, -0.2) is 9.59 Å². The van der Waals surface area contributed by atoms with Gasteiger partial charge in [0, 0.05) is 6.08 Å². The number of carbonyl (C=O) groups is 2. The second-order valence-electron chi connectivity index (χ2n) is 5.06. The highest BCUT2D eigenvalue weighted by molar-refractivity contribution is 5.81. The Bertz CT molecular complexity index is 389. The zero-order valence-electron chi connectivity index (χ0n) is 16.6. The van der Waals surface area contributed by atoms with Crippen LogP contribution in [0.25, 0.3) is 0 Å². The quantitative estimate of drug-likeness (QED) is 0.146. The molecule has 0 bridgehead atoms. The summed E-state index contributed by atoms with van der Waals surface area (Å²) in [6.07, 6.45) is 1.11. The van der Waals surface area contributed by atoms with Crippen molar-refractivity contribution in [3.63, 3.8) is 0 Å². The predicted octanol–water partition coefficient (Wildman–Crippen LogP) is -0.0118. The maximum atomic E-state index is 10.8. The normalized spacial score (nSPS) is 10.6. The standard InChI is InChI=1S/C18H32O10/c1-3-17(19)28-15-14-26-11-10-24-7-6-22-4-5-23-8-9-25-12-13-27-16-18(20)21-2/h3H,1,4-16H2,2H3. The fourth-order valence-electron chi connectivity index (χ4n) is 1.57. The van der Waals surface area contributed by atoms with Gasteiger partial charge in [0.05, 0.1) is 79.8 Å². The van der Waals surface area contributed by atoms with Crippen LogP contribution in [0.2, 0.25) is 0 Å². The summed E-state index contributed by atoms with van der Waals surface area (Å²) >= 11 is 0. The van der Waals surface area contributed by atoms with Crippen molar-refractivity contribution in [1.82, 2.24) is 0 Å². The summed E-state index contributed by atoms with van der Waals surface area (Å²) in [5.74, 6) is -0.874. The van der Waals surface area contributed by atoms with Crippen LogP contribution in [0.4, 0.5) is 0 Å². The molecule has 10 nitrogen and oxygen atoms in total. The zero-order valence-corrected chi connectivity index (χ0v) is 16.6. The lowest BCUT2D eigenvalue weighted by atomic mass is 10.6. The van der Waals surface area contributed by atoms with Gasteiger partial charge in [-0.05, 0) is 0 Å². The Morgan fingerprint density at radius 1 is 0.643 bits per heavy atom. The SMILES string of the molecule is C=CC(=O)OCCOCCOCCOCCOCCOCCOCC(=O)OC. The third kappa shape index (κ3) is 20.7. The highest BCUT2D eigenvalue weighted by Gasteiger charge is 1.99. The predicted molar refractivity (Wildman–Crippen MR) is 98.1 cm³/mol. The van der Waals surface area contributed by atoms with E-state index in [-0.39, 0.29) is 13.2 Å². The van der Waals surface area contributed by atoms with Crippen LogP contribution in [0, 0.1) is 0 Å². The Morgan fingerprint density at radius 3 is 1.36 bits per heavy atom. The molecule has 0 radical (unpaired) electrons. The average molecular weight is 408 g/mol. The van der Waals surface area contributed by atoms with E-state index in [9.17, 15) is 9.59 Å². The van der Waals surface area contributed by atoms with Gasteiger partial charge in [-0.1, -0.05) is 6.58 Å². The molecular formula is C18H32O10. The Labute approximate surface area is 165 Å². The van der Waals surface area contributed by atoms with Crippen molar-refractivity contribution < 1.29 is 47.5 Å². The van der Waals surface area contributed by atoms with Gasteiger partial charge in [0.15, 0.2) is 0 Å². The Morgan fingerprint density at radius 2 is 1.00 bits per heavy atom. The fourth-order valence-corrected chi connectivity index (χ4v) is 1.57. The molecule has 0 atom stereocenters. The van der Waals surface area contributed by atoms with E-state index >= 15 is 0 Å². The number of carbonyl (C=O) groups excluding carboxylic acids is 2. The third-order valence-corrected chi connectivity index (χ3v) is 2.95. The van der Waals surface area contributed by atoms with Crippen LogP contribution in [0.5, 0.6) is 0 Å². The summed E-state index contributed by atoms with van der Waals surface area (Å²) in [5.41, 5.74) is 0. The second-order valence-corrected chi connectivity index (χ2v) is 5.06. The topological polar surface area (TPSA) is 108 Å². The average Bonchev–Trinajstić information content (AvgIpc) is 2.71. The second kappa shape index (κ2) is 21.7. The maximum absolute atomic E-state index is 10.8. The summed E-state index contributed by atoms with van der Waals surface area (Å²) < 4.78 is 40.7. The summed E-state index contributed by atoms with van der Waals surface area (Å²) in [6.45, 7) is 8.07. The molecule has 0 aromatic rings. The van der Waals surface area contributed by atoms with Gasteiger partial charge in [-0.2, -0.15) is 0 Å². The molecule has 0 fully saturated rings. The molecule has 0 aliphatic carbocycles. The minimum Gasteiger partial charge on any atom is -0.467 e. The summed E-state index contributed by atoms with van der Waals surface area (Å²) in [5, 5.41) is 0. The van der Waals surface area contributed by atoms with E-state index < -0.39 is 11.9 Å². The fraction of sp³-hybridized carbons (Fsp3) is 0.778. The third-order valence-electron chi connectivity index (χ3n) is 2.95. The van der Waals surface area contributed by atoms with E-state index in [1.165, 1.54) is 7.11 Å². The number of hydrogen-bond acceptors (Lipinski definition) is 10. The minimum atomic E-state index is -0.462. The van der Waals surface area contributed by atoms with Gasteiger partial charge >= 0.3 is 11.9 Å². The first kappa shape index (κ1) is 26.4. The lowest BCUT2D eigenvalue weighted by Gasteiger charge is -2.08. The van der Waals surface area contributed by atoms with Crippen LogP contribution >= 0.6 is 0 Å². The smallest absolute Gasteiger partial charge is 0.331 e. The van der Waals surface area contributed by atoms with Crippen molar-refractivity contribution in [1.29, 1.82) is 0 Å². The molecule has 0 aliphatic heterocycles. The monoisotopic (exact) mass is 408 g/mol. The van der Waals surface area contributed by atoms with Crippen LogP contribution in [-0.2, 0) is 47.5 Å². The first-order valence-corrected chi connectivity index (χ1v) is 9.03. The zero-order chi connectivity index (χ0) is 20.7. The van der Waals surface area contributed by atoms with Crippen molar-refractivity contribution in [2.45, 2.75) is 0 Å². The lowest BCUT2D eigenvalue weighted by Crippen LogP contribution is -2.16. The molecule has 0 saturated heterocycles. The molecule has 0 aromatic carbocycles. The first-order chi connectivity index (χ1) is 13.7. The van der Waals surface area contributed by atoms with E-state index in [2.05, 4.69) is 11.3 Å². The summed E-state index contributed by atoms with van der Waals surface area (Å²) in [4.78, 5) is 21.5. The Balaban J connectivity index is 3.06. The molecule has 164 valence electrons. The van der Waals surface area contributed by atoms with Crippen molar-refractivity contribution >= 4 is 11.9 Å². The van der Waals surface area contributed by atoms with Crippen LogP contribution in [-0.4, -0.2) is 105 Å². The van der Waals surface area contributed by atoms with Crippen LogP contribution in [0.3, 0.4) is 0 Å².